The fourth-order valence-corrected chi connectivity index (χ4v) is 8.65. The maximum absolute atomic E-state index is 13.6. The lowest BCUT2D eigenvalue weighted by Gasteiger charge is -2.52. The summed E-state index contributed by atoms with van der Waals surface area (Å²) in [4.78, 5) is 13.6. The molecule has 2 bridgehead atoms. The number of ether oxygens (including phenoxy) is 4. The van der Waals surface area contributed by atoms with E-state index in [9.17, 15) is 30.3 Å². The molecular formula is C44H76O10. The van der Waals surface area contributed by atoms with Gasteiger partial charge >= 0.3 is 5.97 Å². The SMILES string of the molecule is CCC[C@H]1[C@@H]2C[C@@]3(CC[C@H](C)[C@H](C[C@@H](C)O)O3)O[C@H]1CC[C@@H](CC)C=CC=CCC[C@@H](O)[C@@H](C)[C@@H](O)C[C@@H](OC)C[C@@H](O)[C@H](C)[C@H](O)[C@@H](C)C=CC(=O)O2. The highest BCUT2D eigenvalue weighted by molar-refractivity contribution is 5.82. The molecule has 0 aromatic rings. The first-order chi connectivity index (χ1) is 25.6. The van der Waals surface area contributed by atoms with Gasteiger partial charge in [-0.3, -0.25) is 0 Å². The molecule has 3 aliphatic heterocycles. The lowest BCUT2D eigenvalue weighted by Crippen LogP contribution is -2.57. The minimum Gasteiger partial charge on any atom is -0.459 e. The molecule has 0 saturated carbocycles. The zero-order chi connectivity index (χ0) is 40.0. The first-order valence-electron chi connectivity index (χ1n) is 21.1. The van der Waals surface area contributed by atoms with E-state index in [1.54, 1.807) is 26.8 Å². The third kappa shape index (κ3) is 14.1. The van der Waals surface area contributed by atoms with Crippen LogP contribution < -0.4 is 0 Å². The van der Waals surface area contributed by atoms with Gasteiger partial charge in [-0.05, 0) is 83.0 Å². The molecular weight excluding hydrogens is 688 g/mol. The summed E-state index contributed by atoms with van der Waals surface area (Å²) in [5.41, 5.74) is 0. The number of fused-ring (bicyclic) bond motifs is 2. The topological polar surface area (TPSA) is 155 Å². The fourth-order valence-electron chi connectivity index (χ4n) is 8.65. The van der Waals surface area contributed by atoms with Gasteiger partial charge < -0.3 is 44.5 Å². The number of methoxy groups -OCH3 is 1. The van der Waals surface area contributed by atoms with Crippen molar-refractivity contribution in [3.63, 3.8) is 0 Å². The molecule has 1 spiro atoms. The molecule has 54 heavy (non-hydrogen) atoms. The van der Waals surface area contributed by atoms with E-state index in [4.69, 9.17) is 18.9 Å². The molecule has 0 aliphatic carbocycles. The van der Waals surface area contributed by atoms with Crippen molar-refractivity contribution in [1.82, 2.24) is 0 Å². The van der Waals surface area contributed by atoms with Crippen molar-refractivity contribution in [2.45, 2.75) is 193 Å². The van der Waals surface area contributed by atoms with Gasteiger partial charge in [-0.15, -0.1) is 0 Å². The maximum atomic E-state index is 13.6. The average Bonchev–Trinajstić information content (AvgIpc) is 3.13. The van der Waals surface area contributed by atoms with Gasteiger partial charge in [0.25, 0.3) is 0 Å². The van der Waals surface area contributed by atoms with Gasteiger partial charge in [0, 0.05) is 49.7 Å². The number of hydrogen-bond acceptors (Lipinski definition) is 10. The number of hydrogen-bond donors (Lipinski definition) is 5. The maximum Gasteiger partial charge on any atom is 0.330 e. The second-order valence-electron chi connectivity index (χ2n) is 17.1. The molecule has 10 heteroatoms. The van der Waals surface area contributed by atoms with Gasteiger partial charge in [-0.25, -0.2) is 4.79 Å². The molecule has 16 atom stereocenters. The molecule has 10 nitrogen and oxygen atoms in total. The van der Waals surface area contributed by atoms with Crippen molar-refractivity contribution >= 4 is 5.97 Å². The Morgan fingerprint density at radius 2 is 1.59 bits per heavy atom. The summed E-state index contributed by atoms with van der Waals surface area (Å²) in [6, 6.07) is 0. The van der Waals surface area contributed by atoms with Crippen LogP contribution in [0, 0.1) is 35.5 Å². The standard InChI is InChI=1S/C44H76O10/c1-9-15-35-39-20-19-33(10-2)16-13-11-12-14-17-36(46)31(6)37(47)25-34(51-8)26-38(48)32(7)43(50)29(4)18-21-42(49)52-41(35)27-44(53-39)23-22-28(3)40(54-44)24-30(5)45/h11-13,16,18,21,28-41,43,45-48,50H,9-10,14-15,17,19-20,22-27H2,1-8H3/t28-,29-,30+,31+,32-,33-,34+,35+,36+,37-,38+,39-,40-,41-,43+,44-/m0/s1. The number of carbonyl (C=O) groups excluding carboxylic acids is 1. The fraction of sp³-hybridized carbons (Fsp3) is 0.841. The molecule has 3 rings (SSSR count). The quantitative estimate of drug-likeness (QED) is 0.183. The Morgan fingerprint density at radius 3 is 2.24 bits per heavy atom. The normalized spacial score (nSPS) is 42.1. The molecule has 0 aromatic carbocycles. The monoisotopic (exact) mass is 765 g/mol. The zero-order valence-electron chi connectivity index (χ0n) is 34.6. The molecule has 2 fully saturated rings. The molecule has 2 saturated heterocycles. The minimum absolute atomic E-state index is 0.0182. The molecule has 5 N–H and O–H groups in total. The van der Waals surface area contributed by atoms with Crippen molar-refractivity contribution < 1.29 is 49.3 Å². The van der Waals surface area contributed by atoms with Crippen LogP contribution in [-0.2, 0) is 23.7 Å². The molecule has 3 heterocycles. The number of allylic oxidation sites excluding steroid dienone is 4. The Balaban J connectivity index is 1.93. The Kier molecular flexibility index (Phi) is 19.9. The van der Waals surface area contributed by atoms with Crippen LogP contribution >= 0.6 is 0 Å². The molecule has 312 valence electrons. The van der Waals surface area contributed by atoms with Crippen molar-refractivity contribution in [1.29, 1.82) is 0 Å². The number of rotatable bonds is 6. The van der Waals surface area contributed by atoms with Crippen LogP contribution in [0.2, 0.25) is 0 Å². The van der Waals surface area contributed by atoms with Gasteiger partial charge in [0.1, 0.15) is 6.10 Å². The lowest BCUT2D eigenvalue weighted by molar-refractivity contribution is -0.349. The zero-order valence-corrected chi connectivity index (χ0v) is 34.6. The van der Waals surface area contributed by atoms with E-state index < -0.39 is 66.3 Å². The number of aliphatic hydroxyl groups excluding tert-OH is 5. The molecule has 3 aliphatic rings. The second kappa shape index (κ2) is 22.9. The molecule has 0 aromatic heterocycles. The predicted octanol–water partition coefficient (Wildman–Crippen LogP) is 6.80. The van der Waals surface area contributed by atoms with E-state index in [1.807, 2.05) is 19.1 Å². The van der Waals surface area contributed by atoms with Gasteiger partial charge in [0.05, 0.1) is 48.8 Å². The number of aliphatic hydroxyl groups is 5. The summed E-state index contributed by atoms with van der Waals surface area (Å²) in [6.07, 6.45) is 14.7. The van der Waals surface area contributed by atoms with Crippen molar-refractivity contribution in [3.8, 4) is 0 Å². The summed E-state index contributed by atoms with van der Waals surface area (Å²) < 4.78 is 25.7. The van der Waals surface area contributed by atoms with Crippen molar-refractivity contribution in [2.75, 3.05) is 7.11 Å². The Labute approximate surface area is 326 Å². The van der Waals surface area contributed by atoms with Crippen LogP contribution in [0.1, 0.15) is 132 Å². The van der Waals surface area contributed by atoms with E-state index in [-0.39, 0.29) is 42.8 Å². The third-order valence-electron chi connectivity index (χ3n) is 12.7. The average molecular weight is 765 g/mol. The van der Waals surface area contributed by atoms with Crippen LogP contribution in [0.5, 0.6) is 0 Å². The lowest BCUT2D eigenvalue weighted by atomic mass is 9.78. The van der Waals surface area contributed by atoms with Gasteiger partial charge in [-0.1, -0.05) is 78.3 Å². The van der Waals surface area contributed by atoms with Crippen LogP contribution in [0.15, 0.2) is 36.5 Å². The van der Waals surface area contributed by atoms with E-state index >= 15 is 0 Å². The van der Waals surface area contributed by atoms with Gasteiger partial charge in [0.15, 0.2) is 5.79 Å². The highest BCUT2D eigenvalue weighted by Gasteiger charge is 2.52. The Morgan fingerprint density at radius 1 is 0.889 bits per heavy atom. The van der Waals surface area contributed by atoms with Crippen molar-refractivity contribution in [2.24, 2.45) is 35.5 Å². The predicted molar refractivity (Wildman–Crippen MR) is 211 cm³/mol. The van der Waals surface area contributed by atoms with Gasteiger partial charge in [-0.2, -0.15) is 0 Å². The number of carbonyl (C=O) groups is 1. The Hall–Kier alpha value is -1.63. The number of esters is 1. The highest BCUT2D eigenvalue weighted by atomic mass is 16.7. The third-order valence-corrected chi connectivity index (χ3v) is 12.7. The minimum atomic E-state index is -0.952. The summed E-state index contributed by atoms with van der Waals surface area (Å²) in [5, 5.41) is 54.4. The smallest absolute Gasteiger partial charge is 0.330 e. The van der Waals surface area contributed by atoms with Crippen LogP contribution in [0.25, 0.3) is 0 Å². The first-order valence-corrected chi connectivity index (χ1v) is 21.1. The van der Waals surface area contributed by atoms with E-state index in [2.05, 4.69) is 32.9 Å². The summed E-state index contributed by atoms with van der Waals surface area (Å²) >= 11 is 0. The first kappa shape index (κ1) is 46.8. The largest absolute Gasteiger partial charge is 0.459 e. The second-order valence-corrected chi connectivity index (χ2v) is 17.1. The summed E-state index contributed by atoms with van der Waals surface area (Å²) in [7, 11) is 1.53. The van der Waals surface area contributed by atoms with E-state index in [0.717, 1.165) is 38.5 Å². The summed E-state index contributed by atoms with van der Waals surface area (Å²) in [5.74, 6) is -2.22. The molecule has 0 radical (unpaired) electrons. The summed E-state index contributed by atoms with van der Waals surface area (Å²) in [6.45, 7) is 13.7. The van der Waals surface area contributed by atoms with Crippen molar-refractivity contribution in [3.05, 3.63) is 36.5 Å². The Bertz CT molecular complexity index is 1170. The van der Waals surface area contributed by atoms with Crippen LogP contribution in [0.3, 0.4) is 0 Å². The molecule has 0 amide bonds. The van der Waals surface area contributed by atoms with E-state index in [1.165, 1.54) is 13.2 Å². The highest BCUT2D eigenvalue weighted by Crippen LogP contribution is 2.47. The van der Waals surface area contributed by atoms with E-state index in [0.29, 0.717) is 38.0 Å². The molecule has 0 unspecified atom stereocenters. The van der Waals surface area contributed by atoms with Gasteiger partial charge in [0.2, 0.25) is 0 Å². The van der Waals surface area contributed by atoms with Crippen LogP contribution in [0.4, 0.5) is 0 Å². The van der Waals surface area contributed by atoms with Crippen LogP contribution in [-0.4, -0.2) is 99.3 Å².